The fourth-order valence-electron chi connectivity index (χ4n) is 4.09. The van der Waals surface area contributed by atoms with Crippen LogP contribution in [0.1, 0.15) is 24.0 Å². The summed E-state index contributed by atoms with van der Waals surface area (Å²) in [6, 6.07) is 14.2. The molecule has 0 unspecified atom stereocenters. The molecule has 0 spiro atoms. The number of rotatable bonds is 6. The molecule has 5 nitrogen and oxygen atoms in total. The largest absolute Gasteiger partial charge is 0.481 e. The van der Waals surface area contributed by atoms with E-state index in [0.29, 0.717) is 11.6 Å². The fourth-order valence-corrected chi connectivity index (χ4v) is 5.26. The lowest BCUT2D eigenvalue weighted by molar-refractivity contribution is -0.121. The third-order valence-corrected chi connectivity index (χ3v) is 6.67. The predicted molar refractivity (Wildman–Crippen MR) is 134 cm³/mol. The number of anilines is 1. The number of amides is 1. The van der Waals surface area contributed by atoms with Gasteiger partial charge < -0.3 is 14.5 Å². The minimum absolute atomic E-state index is 0. The Morgan fingerprint density at radius 3 is 2.84 bits per heavy atom. The van der Waals surface area contributed by atoms with Gasteiger partial charge in [0.05, 0.1) is 17.9 Å². The molecule has 0 bridgehead atoms. The van der Waals surface area contributed by atoms with E-state index in [1.807, 2.05) is 23.1 Å². The summed E-state index contributed by atoms with van der Waals surface area (Å²) in [5.74, 6) is 0.718. The number of carbonyl (C=O) groups excluding carboxylic acids is 1. The quantitative estimate of drug-likeness (QED) is 0.480. The first-order valence-electron chi connectivity index (χ1n) is 10.2. The van der Waals surface area contributed by atoms with Crippen LogP contribution in [-0.2, 0) is 11.2 Å². The summed E-state index contributed by atoms with van der Waals surface area (Å²) in [4.78, 5) is 21.2. The number of unbranched alkanes of at least 4 members (excludes halogenated alkanes) is 1. The molecular formula is C23H23BrClN3O2S. The highest BCUT2D eigenvalue weighted by Gasteiger charge is 2.33. The van der Waals surface area contributed by atoms with Crippen LogP contribution in [0.5, 0.6) is 5.75 Å². The first-order valence-corrected chi connectivity index (χ1v) is 11.5. The van der Waals surface area contributed by atoms with Gasteiger partial charge in [-0.1, -0.05) is 53.7 Å². The van der Waals surface area contributed by atoms with Gasteiger partial charge in [-0.2, -0.15) is 0 Å². The van der Waals surface area contributed by atoms with E-state index in [1.54, 1.807) is 11.8 Å². The molecule has 0 radical (unpaired) electrons. The Balaban J connectivity index is 0.00000231. The molecule has 5 rings (SSSR count). The molecular weight excluding hydrogens is 498 g/mol. The number of hydrogen-bond acceptors (Lipinski definition) is 5. The predicted octanol–water partition coefficient (Wildman–Crippen LogP) is 5.38. The maximum Gasteiger partial charge on any atom is 0.265 e. The topological polar surface area (TPSA) is 45.1 Å². The van der Waals surface area contributed by atoms with E-state index in [2.05, 4.69) is 39.6 Å². The van der Waals surface area contributed by atoms with Gasteiger partial charge in [-0.05, 0) is 37.0 Å². The third-order valence-electron chi connectivity index (χ3n) is 5.55. The van der Waals surface area contributed by atoms with E-state index < -0.39 is 0 Å². The van der Waals surface area contributed by atoms with E-state index in [4.69, 9.17) is 16.3 Å². The van der Waals surface area contributed by atoms with Crippen LogP contribution in [-0.4, -0.2) is 42.2 Å². The van der Waals surface area contributed by atoms with Gasteiger partial charge in [0, 0.05) is 29.1 Å². The van der Waals surface area contributed by atoms with Crippen LogP contribution in [0, 0.1) is 0 Å². The van der Waals surface area contributed by atoms with Crippen molar-refractivity contribution in [3.63, 3.8) is 0 Å². The number of fused-ring (bicyclic) bond motifs is 2. The molecule has 0 atom stereocenters. The van der Waals surface area contributed by atoms with Crippen molar-refractivity contribution < 1.29 is 9.53 Å². The Morgan fingerprint density at radius 1 is 1.16 bits per heavy atom. The van der Waals surface area contributed by atoms with Crippen molar-refractivity contribution in [2.45, 2.75) is 19.3 Å². The summed E-state index contributed by atoms with van der Waals surface area (Å²) in [7, 11) is 0. The standard InChI is InChI=1S/C23H22ClN3O2S.BrH/c24-17-12-18(20-15-30-23-25-9-11-27(20)23)22-19(13-17)26(21(28)14-29-22)10-5-4-8-16-6-2-1-3-7-16;/h1-3,6-7,12-13,15H,4-5,8-11,14H2;1H. The van der Waals surface area contributed by atoms with Gasteiger partial charge in [0.1, 0.15) is 0 Å². The number of aliphatic imine (C=N–C) groups is 1. The van der Waals surface area contributed by atoms with Gasteiger partial charge in [0.15, 0.2) is 17.5 Å². The number of carbonyl (C=O) groups is 1. The lowest BCUT2D eigenvalue weighted by Crippen LogP contribution is -2.40. The van der Waals surface area contributed by atoms with Crippen LogP contribution < -0.4 is 9.64 Å². The number of aryl methyl sites for hydroxylation is 1. The Morgan fingerprint density at radius 2 is 2.00 bits per heavy atom. The zero-order valence-corrected chi connectivity index (χ0v) is 20.2. The molecule has 162 valence electrons. The molecule has 2 aromatic rings. The number of halogens is 2. The van der Waals surface area contributed by atoms with Gasteiger partial charge in [-0.15, -0.1) is 17.0 Å². The number of benzene rings is 2. The summed E-state index contributed by atoms with van der Waals surface area (Å²) >= 11 is 8.10. The van der Waals surface area contributed by atoms with Crippen LogP contribution in [0.4, 0.5) is 5.69 Å². The zero-order chi connectivity index (χ0) is 20.5. The molecule has 0 aromatic heterocycles. The number of amidine groups is 1. The van der Waals surface area contributed by atoms with Crippen molar-refractivity contribution >= 4 is 62.8 Å². The maximum atomic E-state index is 12.7. The fraction of sp³-hybridized carbons (Fsp3) is 0.304. The second-order valence-corrected chi connectivity index (χ2v) is 8.79. The molecule has 0 saturated carbocycles. The second-order valence-electron chi connectivity index (χ2n) is 7.52. The van der Waals surface area contributed by atoms with Crippen LogP contribution >= 0.6 is 40.3 Å². The first kappa shape index (κ1) is 22.2. The van der Waals surface area contributed by atoms with Gasteiger partial charge in [0.2, 0.25) is 0 Å². The SMILES string of the molecule is Br.O=C1COc2c(C3=CSC4=NCCN34)cc(Cl)cc2N1CCCCc1ccccc1. The molecule has 2 aromatic carbocycles. The third kappa shape index (κ3) is 4.49. The van der Waals surface area contributed by atoms with E-state index in [1.165, 1.54) is 5.56 Å². The minimum atomic E-state index is -0.0198. The average molecular weight is 521 g/mol. The lowest BCUT2D eigenvalue weighted by atomic mass is 10.1. The Hall–Kier alpha value is -1.96. The normalized spacial score (nSPS) is 16.9. The van der Waals surface area contributed by atoms with Crippen molar-refractivity contribution in [2.24, 2.45) is 4.99 Å². The molecule has 0 saturated heterocycles. The molecule has 3 aliphatic rings. The summed E-state index contributed by atoms with van der Waals surface area (Å²) in [5.41, 5.74) is 4.07. The van der Waals surface area contributed by atoms with Crippen molar-refractivity contribution in [2.75, 3.05) is 31.1 Å². The highest BCUT2D eigenvalue weighted by molar-refractivity contribution is 8.93. The van der Waals surface area contributed by atoms with Crippen LogP contribution in [0.25, 0.3) is 5.70 Å². The van der Waals surface area contributed by atoms with Crippen LogP contribution in [0.3, 0.4) is 0 Å². The lowest BCUT2D eigenvalue weighted by Gasteiger charge is -2.32. The van der Waals surface area contributed by atoms with Crippen LogP contribution in [0.2, 0.25) is 5.02 Å². The summed E-state index contributed by atoms with van der Waals surface area (Å²) in [5, 5.41) is 3.71. The van der Waals surface area contributed by atoms with E-state index >= 15 is 0 Å². The van der Waals surface area contributed by atoms with Crippen molar-refractivity contribution in [3.8, 4) is 5.75 Å². The number of ether oxygens (including phenoxy) is 1. The van der Waals surface area contributed by atoms with Gasteiger partial charge in [-0.3, -0.25) is 9.79 Å². The maximum absolute atomic E-state index is 12.7. The molecule has 0 fully saturated rings. The minimum Gasteiger partial charge on any atom is -0.481 e. The second kappa shape index (κ2) is 9.67. The number of hydrogen-bond donors (Lipinski definition) is 0. The molecule has 8 heteroatoms. The number of thioether (sulfide) groups is 1. The van der Waals surface area contributed by atoms with E-state index in [0.717, 1.165) is 60.2 Å². The summed E-state index contributed by atoms with van der Waals surface area (Å²) in [6.07, 6.45) is 2.95. The molecule has 31 heavy (non-hydrogen) atoms. The van der Waals surface area contributed by atoms with E-state index in [9.17, 15) is 4.79 Å². The van der Waals surface area contributed by atoms with Gasteiger partial charge in [-0.25, -0.2) is 0 Å². The molecule has 0 N–H and O–H groups in total. The van der Waals surface area contributed by atoms with Gasteiger partial charge >= 0.3 is 0 Å². The summed E-state index contributed by atoms with van der Waals surface area (Å²) in [6.45, 7) is 2.38. The van der Waals surface area contributed by atoms with E-state index in [-0.39, 0.29) is 29.5 Å². The number of nitrogens with zero attached hydrogens (tertiary/aromatic N) is 3. The van der Waals surface area contributed by atoms with Crippen molar-refractivity contribution in [1.82, 2.24) is 4.90 Å². The van der Waals surface area contributed by atoms with Crippen molar-refractivity contribution in [3.05, 3.63) is 64.0 Å². The van der Waals surface area contributed by atoms with Gasteiger partial charge in [0.25, 0.3) is 5.91 Å². The highest BCUT2D eigenvalue weighted by Crippen LogP contribution is 2.45. The monoisotopic (exact) mass is 519 g/mol. The Labute approximate surface area is 201 Å². The highest BCUT2D eigenvalue weighted by atomic mass is 79.9. The first-order chi connectivity index (χ1) is 14.7. The van der Waals surface area contributed by atoms with Crippen molar-refractivity contribution in [1.29, 1.82) is 0 Å². The Kier molecular flexibility index (Phi) is 6.94. The smallest absolute Gasteiger partial charge is 0.265 e. The summed E-state index contributed by atoms with van der Waals surface area (Å²) < 4.78 is 5.92. The van der Waals surface area contributed by atoms with Crippen LogP contribution in [0.15, 0.2) is 52.9 Å². The molecule has 3 aliphatic heterocycles. The molecule has 1 amide bonds. The molecule has 3 heterocycles. The average Bonchev–Trinajstić information content (AvgIpc) is 3.36. The zero-order valence-electron chi connectivity index (χ0n) is 16.9. The molecule has 0 aliphatic carbocycles. The Bertz CT molecular complexity index is 1040.